The van der Waals surface area contributed by atoms with Crippen LogP contribution in [0, 0.1) is 0 Å². The van der Waals surface area contributed by atoms with Gasteiger partial charge in [0, 0.05) is 47.7 Å². The van der Waals surface area contributed by atoms with E-state index >= 15 is 0 Å². The molecule has 1 fully saturated rings. The van der Waals surface area contributed by atoms with E-state index in [2.05, 4.69) is 10.4 Å². The summed E-state index contributed by atoms with van der Waals surface area (Å²) >= 11 is 0. The Morgan fingerprint density at radius 2 is 2.12 bits per heavy atom. The average Bonchev–Trinajstić information content (AvgIpc) is 3.05. The summed E-state index contributed by atoms with van der Waals surface area (Å²) in [6.45, 7) is 5.48. The molecule has 24 heavy (non-hydrogen) atoms. The zero-order valence-electron chi connectivity index (χ0n) is 13.9. The molecule has 7 heteroatoms. The van der Waals surface area contributed by atoms with E-state index in [0.717, 1.165) is 11.3 Å². The molecule has 0 bridgehead atoms. The van der Waals surface area contributed by atoms with E-state index in [1.807, 2.05) is 55.1 Å². The molecule has 128 valence electrons. The van der Waals surface area contributed by atoms with Gasteiger partial charge in [0.2, 0.25) is 0 Å². The number of para-hydroxylation sites is 1. The predicted octanol–water partition coefficient (Wildman–Crippen LogP) is 2.31. The Morgan fingerprint density at radius 1 is 1.33 bits per heavy atom. The zero-order valence-corrected chi connectivity index (χ0v) is 14.8. The van der Waals surface area contributed by atoms with Crippen LogP contribution in [0.15, 0.2) is 42.7 Å². The first-order valence-electron chi connectivity index (χ1n) is 7.95. The lowest BCUT2D eigenvalue weighted by molar-refractivity contribution is 0.207. The molecule has 0 spiro atoms. The molecule has 2 amide bonds. The highest BCUT2D eigenvalue weighted by atomic mass is 32.2. The van der Waals surface area contributed by atoms with Crippen LogP contribution < -0.4 is 5.32 Å². The van der Waals surface area contributed by atoms with Gasteiger partial charge in [0.25, 0.3) is 0 Å². The molecule has 0 aliphatic carbocycles. The SMILES string of the molecule is CC1(C)CN(C(=O)Nc2ccccc2Cn2cccn2)CC[S@@]1=O. The van der Waals surface area contributed by atoms with Crippen LogP contribution in [-0.4, -0.2) is 48.5 Å². The molecule has 1 aromatic carbocycles. The van der Waals surface area contributed by atoms with Gasteiger partial charge in [-0.25, -0.2) is 4.79 Å². The van der Waals surface area contributed by atoms with Crippen molar-refractivity contribution in [1.82, 2.24) is 14.7 Å². The number of nitrogens with zero attached hydrogens (tertiary/aromatic N) is 3. The average molecular weight is 346 g/mol. The third-order valence-corrected chi connectivity index (χ3v) is 6.09. The molecule has 0 unspecified atom stereocenters. The molecule has 1 aliphatic rings. The molecular weight excluding hydrogens is 324 g/mol. The Bertz CT molecular complexity index is 743. The van der Waals surface area contributed by atoms with Crippen molar-refractivity contribution in [2.24, 2.45) is 0 Å². The summed E-state index contributed by atoms with van der Waals surface area (Å²) in [4.78, 5) is 14.4. The molecular formula is C17H22N4O2S. The minimum Gasteiger partial charge on any atom is -0.322 e. The Kier molecular flexibility index (Phi) is 4.71. The number of amides is 2. The van der Waals surface area contributed by atoms with Gasteiger partial charge in [-0.05, 0) is 31.5 Å². The van der Waals surface area contributed by atoms with Crippen molar-refractivity contribution >= 4 is 22.5 Å². The molecule has 3 rings (SSSR count). The summed E-state index contributed by atoms with van der Waals surface area (Å²) in [5.74, 6) is 0.523. The van der Waals surface area contributed by atoms with E-state index in [4.69, 9.17) is 0 Å². The number of hydrogen-bond donors (Lipinski definition) is 1. The number of rotatable bonds is 3. The lowest BCUT2D eigenvalue weighted by atomic mass is 10.1. The van der Waals surface area contributed by atoms with Gasteiger partial charge in [-0.15, -0.1) is 0 Å². The first-order valence-corrected chi connectivity index (χ1v) is 9.27. The number of benzene rings is 1. The Balaban J connectivity index is 1.72. The summed E-state index contributed by atoms with van der Waals surface area (Å²) in [5.41, 5.74) is 1.77. The van der Waals surface area contributed by atoms with E-state index in [1.54, 1.807) is 11.1 Å². The maximum absolute atomic E-state index is 12.6. The molecule has 0 saturated carbocycles. The lowest BCUT2D eigenvalue weighted by Crippen LogP contribution is -2.53. The van der Waals surface area contributed by atoms with Crippen LogP contribution in [0.1, 0.15) is 19.4 Å². The topological polar surface area (TPSA) is 67.2 Å². The van der Waals surface area contributed by atoms with Crippen molar-refractivity contribution in [3.05, 3.63) is 48.3 Å². The van der Waals surface area contributed by atoms with Gasteiger partial charge in [0.15, 0.2) is 0 Å². The van der Waals surface area contributed by atoms with Gasteiger partial charge in [-0.3, -0.25) is 8.89 Å². The molecule has 2 aromatic rings. The van der Waals surface area contributed by atoms with Crippen LogP contribution in [0.2, 0.25) is 0 Å². The number of nitrogens with one attached hydrogen (secondary N) is 1. The summed E-state index contributed by atoms with van der Waals surface area (Å²) in [7, 11) is -0.894. The number of carbonyl (C=O) groups excluding carboxylic acids is 1. The Hall–Kier alpha value is -2.15. The number of urea groups is 1. The molecule has 1 aliphatic heterocycles. The van der Waals surface area contributed by atoms with Crippen molar-refractivity contribution in [1.29, 1.82) is 0 Å². The van der Waals surface area contributed by atoms with Gasteiger partial charge in [-0.2, -0.15) is 5.10 Å². The second-order valence-electron chi connectivity index (χ2n) is 6.52. The van der Waals surface area contributed by atoms with Crippen molar-refractivity contribution < 1.29 is 9.00 Å². The van der Waals surface area contributed by atoms with E-state index in [-0.39, 0.29) is 10.8 Å². The highest BCUT2D eigenvalue weighted by Gasteiger charge is 2.35. The molecule has 1 saturated heterocycles. The molecule has 0 radical (unpaired) electrons. The fourth-order valence-corrected chi connectivity index (χ4v) is 4.03. The predicted molar refractivity (Wildman–Crippen MR) is 95.5 cm³/mol. The van der Waals surface area contributed by atoms with E-state index < -0.39 is 10.8 Å². The number of hydrogen-bond acceptors (Lipinski definition) is 3. The monoisotopic (exact) mass is 346 g/mol. The third-order valence-electron chi connectivity index (χ3n) is 4.17. The summed E-state index contributed by atoms with van der Waals surface area (Å²) in [5, 5.41) is 7.20. The number of carbonyl (C=O) groups is 1. The van der Waals surface area contributed by atoms with Crippen molar-refractivity contribution in [2.45, 2.75) is 25.1 Å². The van der Waals surface area contributed by atoms with Gasteiger partial charge >= 0.3 is 6.03 Å². The first kappa shape index (κ1) is 16.7. The normalized spacial score (nSPS) is 19.9. The van der Waals surface area contributed by atoms with Gasteiger partial charge < -0.3 is 10.2 Å². The maximum Gasteiger partial charge on any atom is 0.321 e. The van der Waals surface area contributed by atoms with Gasteiger partial charge in [0.1, 0.15) is 0 Å². The van der Waals surface area contributed by atoms with Crippen LogP contribution in [0.3, 0.4) is 0 Å². The van der Waals surface area contributed by atoms with Crippen LogP contribution >= 0.6 is 0 Å². The smallest absolute Gasteiger partial charge is 0.321 e. The van der Waals surface area contributed by atoms with E-state index in [1.165, 1.54) is 0 Å². The first-order chi connectivity index (χ1) is 11.5. The quantitative estimate of drug-likeness (QED) is 0.927. The summed E-state index contributed by atoms with van der Waals surface area (Å²) in [6, 6.07) is 9.44. The fraction of sp³-hybridized carbons (Fsp3) is 0.412. The van der Waals surface area contributed by atoms with Crippen LogP contribution in [0.5, 0.6) is 0 Å². The van der Waals surface area contributed by atoms with Gasteiger partial charge in [-0.1, -0.05) is 18.2 Å². The lowest BCUT2D eigenvalue weighted by Gasteiger charge is -2.37. The van der Waals surface area contributed by atoms with Crippen LogP contribution in [-0.2, 0) is 17.3 Å². The number of aromatic nitrogens is 2. The van der Waals surface area contributed by atoms with Crippen molar-refractivity contribution in [2.75, 3.05) is 24.2 Å². The largest absolute Gasteiger partial charge is 0.322 e. The number of anilines is 1. The summed E-state index contributed by atoms with van der Waals surface area (Å²) in [6.07, 6.45) is 3.62. The highest BCUT2D eigenvalue weighted by molar-refractivity contribution is 7.86. The molecule has 1 N–H and O–H groups in total. The highest BCUT2D eigenvalue weighted by Crippen LogP contribution is 2.22. The Morgan fingerprint density at radius 3 is 2.83 bits per heavy atom. The van der Waals surface area contributed by atoms with Crippen LogP contribution in [0.4, 0.5) is 10.5 Å². The molecule has 1 aromatic heterocycles. The van der Waals surface area contributed by atoms with Crippen LogP contribution in [0.25, 0.3) is 0 Å². The zero-order chi connectivity index (χ0) is 17.2. The van der Waals surface area contributed by atoms with Crippen molar-refractivity contribution in [3.8, 4) is 0 Å². The standard InChI is InChI=1S/C17H22N4O2S/c1-17(2)13-20(10-11-24(17)23)16(22)19-15-7-4-3-6-14(15)12-21-9-5-8-18-21/h3-9H,10-13H2,1-2H3,(H,19,22)/t24-/m0/s1. The molecule has 1 atom stereocenters. The summed E-state index contributed by atoms with van der Waals surface area (Å²) < 4.78 is 13.5. The minimum absolute atomic E-state index is 0.146. The minimum atomic E-state index is -0.894. The Labute approximate surface area is 144 Å². The second-order valence-corrected chi connectivity index (χ2v) is 8.73. The van der Waals surface area contributed by atoms with E-state index in [9.17, 15) is 9.00 Å². The second kappa shape index (κ2) is 6.76. The maximum atomic E-state index is 12.6. The van der Waals surface area contributed by atoms with Crippen molar-refractivity contribution in [3.63, 3.8) is 0 Å². The fourth-order valence-electron chi connectivity index (χ4n) is 2.80. The van der Waals surface area contributed by atoms with E-state index in [0.29, 0.717) is 25.4 Å². The molecule has 6 nitrogen and oxygen atoms in total. The molecule has 2 heterocycles. The van der Waals surface area contributed by atoms with Gasteiger partial charge in [0.05, 0.1) is 11.3 Å². The third kappa shape index (κ3) is 3.67.